The Balaban J connectivity index is 2.08. The Morgan fingerprint density at radius 3 is 2.75 bits per heavy atom. The van der Waals surface area contributed by atoms with Gasteiger partial charge >= 0.3 is 0 Å². The lowest BCUT2D eigenvalue weighted by molar-refractivity contribution is 0.217. The average Bonchev–Trinajstić information content (AvgIpc) is 2.85. The van der Waals surface area contributed by atoms with E-state index in [1.165, 1.54) is 25.7 Å². The van der Waals surface area contributed by atoms with Crippen molar-refractivity contribution in [1.82, 2.24) is 15.0 Å². The van der Waals surface area contributed by atoms with Gasteiger partial charge in [0.2, 0.25) is 0 Å². The first-order chi connectivity index (χ1) is 7.65. The van der Waals surface area contributed by atoms with Crippen LogP contribution < -0.4 is 11.3 Å². The summed E-state index contributed by atoms with van der Waals surface area (Å²) in [5, 5.41) is 0. The normalized spacial score (nSPS) is 21.2. The van der Waals surface area contributed by atoms with E-state index < -0.39 is 0 Å². The highest BCUT2D eigenvalue weighted by atomic mass is 15.2. The Labute approximate surface area is 97.2 Å². The summed E-state index contributed by atoms with van der Waals surface area (Å²) < 4.78 is 2.07. The summed E-state index contributed by atoms with van der Waals surface area (Å²) in [7, 11) is 2.03. The van der Waals surface area contributed by atoms with E-state index in [0.717, 1.165) is 12.2 Å². The number of imidazole rings is 1. The Hall–Kier alpha value is -0.870. The summed E-state index contributed by atoms with van der Waals surface area (Å²) in [6, 6.07) is 0.330. The van der Waals surface area contributed by atoms with Gasteiger partial charge in [-0.3, -0.25) is 11.3 Å². The Bertz CT molecular complexity index is 339. The van der Waals surface area contributed by atoms with Crippen molar-refractivity contribution in [2.75, 3.05) is 0 Å². The fraction of sp³-hybridized carbons (Fsp3) is 0.750. The van der Waals surface area contributed by atoms with Gasteiger partial charge in [-0.2, -0.15) is 0 Å². The van der Waals surface area contributed by atoms with E-state index in [1.807, 2.05) is 19.4 Å². The minimum atomic E-state index is 0.330. The van der Waals surface area contributed by atoms with E-state index in [0.29, 0.717) is 11.5 Å². The van der Waals surface area contributed by atoms with Crippen molar-refractivity contribution in [3.8, 4) is 0 Å². The molecule has 0 radical (unpaired) electrons. The van der Waals surface area contributed by atoms with Gasteiger partial charge in [0.15, 0.2) is 0 Å². The highest BCUT2D eigenvalue weighted by molar-refractivity contribution is 5.00. The molecule has 4 nitrogen and oxygen atoms in total. The monoisotopic (exact) mass is 222 g/mol. The van der Waals surface area contributed by atoms with Crippen LogP contribution in [0.4, 0.5) is 0 Å². The maximum absolute atomic E-state index is 5.72. The van der Waals surface area contributed by atoms with E-state index in [-0.39, 0.29) is 0 Å². The molecule has 0 bridgehead atoms. The molecule has 0 amide bonds. The van der Waals surface area contributed by atoms with Crippen LogP contribution in [0.15, 0.2) is 12.4 Å². The van der Waals surface area contributed by atoms with Crippen molar-refractivity contribution >= 4 is 0 Å². The number of rotatable bonds is 4. The molecule has 0 spiro atoms. The van der Waals surface area contributed by atoms with Crippen LogP contribution in [0.25, 0.3) is 0 Å². The smallest absolute Gasteiger partial charge is 0.109 e. The maximum Gasteiger partial charge on any atom is 0.109 e. The van der Waals surface area contributed by atoms with Crippen LogP contribution in [-0.2, 0) is 13.5 Å². The van der Waals surface area contributed by atoms with Gasteiger partial charge in [0.05, 0.1) is 0 Å². The molecule has 2 rings (SSSR count). The number of nitrogens with two attached hydrogens (primary N) is 1. The third-order valence-electron chi connectivity index (χ3n) is 4.10. The number of aryl methyl sites for hydroxylation is 1. The minimum Gasteiger partial charge on any atom is -0.338 e. The molecule has 1 heterocycles. The standard InChI is InChI=1S/C12H22N4/c1-12(5-3-4-6-12)10(15-13)9-11-14-7-8-16(11)2/h7-8,10,15H,3-6,9,13H2,1-2H3. The minimum absolute atomic E-state index is 0.330. The maximum atomic E-state index is 5.72. The molecular weight excluding hydrogens is 200 g/mol. The summed E-state index contributed by atoms with van der Waals surface area (Å²) in [6.45, 7) is 2.34. The second-order valence-corrected chi connectivity index (χ2v) is 5.24. The lowest BCUT2D eigenvalue weighted by Gasteiger charge is -2.33. The van der Waals surface area contributed by atoms with Crippen LogP contribution in [0.2, 0.25) is 0 Å². The fourth-order valence-corrected chi connectivity index (χ4v) is 2.81. The van der Waals surface area contributed by atoms with E-state index >= 15 is 0 Å². The molecule has 0 saturated heterocycles. The third-order valence-corrected chi connectivity index (χ3v) is 4.10. The first-order valence-electron chi connectivity index (χ1n) is 6.08. The summed E-state index contributed by atoms with van der Waals surface area (Å²) >= 11 is 0. The highest BCUT2D eigenvalue weighted by Gasteiger charge is 2.36. The first kappa shape index (κ1) is 11.6. The number of hydrogen-bond donors (Lipinski definition) is 2. The van der Waals surface area contributed by atoms with Gasteiger partial charge in [-0.05, 0) is 18.3 Å². The molecule has 1 aliphatic rings. The predicted molar refractivity (Wildman–Crippen MR) is 64.6 cm³/mol. The third kappa shape index (κ3) is 2.13. The molecule has 3 N–H and O–H groups in total. The second-order valence-electron chi connectivity index (χ2n) is 5.24. The largest absolute Gasteiger partial charge is 0.338 e. The zero-order valence-corrected chi connectivity index (χ0v) is 10.2. The Morgan fingerprint density at radius 2 is 2.25 bits per heavy atom. The summed E-state index contributed by atoms with van der Waals surface area (Å²) in [5.74, 6) is 6.82. The molecule has 0 aliphatic heterocycles. The Kier molecular flexibility index (Phi) is 3.30. The van der Waals surface area contributed by atoms with E-state index in [1.54, 1.807) is 0 Å². The van der Waals surface area contributed by atoms with Crippen LogP contribution in [-0.4, -0.2) is 15.6 Å². The molecule has 90 valence electrons. The quantitative estimate of drug-likeness (QED) is 0.597. The SMILES string of the molecule is Cn1ccnc1CC(NN)C1(C)CCCC1. The van der Waals surface area contributed by atoms with Crippen molar-refractivity contribution in [2.24, 2.45) is 18.3 Å². The van der Waals surface area contributed by atoms with Crippen LogP contribution in [0, 0.1) is 5.41 Å². The van der Waals surface area contributed by atoms with Gasteiger partial charge in [0, 0.05) is 31.9 Å². The van der Waals surface area contributed by atoms with Gasteiger partial charge in [-0.15, -0.1) is 0 Å². The van der Waals surface area contributed by atoms with Gasteiger partial charge in [-0.1, -0.05) is 19.8 Å². The van der Waals surface area contributed by atoms with Crippen LogP contribution in [0.5, 0.6) is 0 Å². The number of nitrogens with one attached hydrogen (secondary N) is 1. The van der Waals surface area contributed by atoms with Crippen molar-refractivity contribution < 1.29 is 0 Å². The van der Waals surface area contributed by atoms with Crippen LogP contribution >= 0.6 is 0 Å². The average molecular weight is 222 g/mol. The molecule has 1 unspecified atom stereocenters. The van der Waals surface area contributed by atoms with Crippen LogP contribution in [0.1, 0.15) is 38.4 Å². The van der Waals surface area contributed by atoms with Gasteiger partial charge < -0.3 is 4.57 Å². The first-order valence-corrected chi connectivity index (χ1v) is 6.08. The molecule has 1 aliphatic carbocycles. The van der Waals surface area contributed by atoms with E-state index in [9.17, 15) is 0 Å². The zero-order valence-electron chi connectivity index (χ0n) is 10.2. The van der Waals surface area contributed by atoms with Crippen molar-refractivity contribution in [3.63, 3.8) is 0 Å². The molecule has 1 aromatic heterocycles. The number of hydrogen-bond acceptors (Lipinski definition) is 3. The predicted octanol–water partition coefficient (Wildman–Crippen LogP) is 1.37. The fourth-order valence-electron chi connectivity index (χ4n) is 2.81. The van der Waals surface area contributed by atoms with Crippen molar-refractivity contribution in [3.05, 3.63) is 18.2 Å². The lowest BCUT2D eigenvalue weighted by Crippen LogP contribution is -2.47. The number of hydrazine groups is 1. The van der Waals surface area contributed by atoms with Crippen molar-refractivity contribution in [1.29, 1.82) is 0 Å². The molecular formula is C12H22N4. The second kappa shape index (κ2) is 4.55. The topological polar surface area (TPSA) is 55.9 Å². The van der Waals surface area contributed by atoms with Gasteiger partial charge in [-0.25, -0.2) is 4.98 Å². The van der Waals surface area contributed by atoms with Crippen LogP contribution in [0.3, 0.4) is 0 Å². The lowest BCUT2D eigenvalue weighted by atomic mass is 9.79. The zero-order chi connectivity index (χ0) is 11.6. The molecule has 4 heteroatoms. The Morgan fingerprint density at radius 1 is 1.56 bits per heavy atom. The molecule has 1 aromatic rings. The molecule has 1 atom stereocenters. The summed E-state index contributed by atoms with van der Waals surface area (Å²) in [4.78, 5) is 4.37. The summed E-state index contributed by atoms with van der Waals surface area (Å²) in [6.07, 6.45) is 9.94. The van der Waals surface area contributed by atoms with Gasteiger partial charge in [0.25, 0.3) is 0 Å². The van der Waals surface area contributed by atoms with E-state index in [4.69, 9.17) is 5.84 Å². The summed E-state index contributed by atoms with van der Waals surface area (Å²) in [5.41, 5.74) is 3.33. The van der Waals surface area contributed by atoms with Gasteiger partial charge in [0.1, 0.15) is 5.82 Å². The molecule has 1 fully saturated rings. The van der Waals surface area contributed by atoms with Crippen molar-refractivity contribution in [2.45, 2.75) is 45.1 Å². The molecule has 16 heavy (non-hydrogen) atoms. The molecule has 0 aromatic carbocycles. The number of aromatic nitrogens is 2. The number of nitrogens with zero attached hydrogens (tertiary/aromatic N) is 2. The molecule has 1 saturated carbocycles. The van der Waals surface area contributed by atoms with E-state index in [2.05, 4.69) is 21.9 Å². The highest BCUT2D eigenvalue weighted by Crippen LogP contribution is 2.41.